The molecule has 0 radical (unpaired) electrons. The first-order valence-electron chi connectivity index (χ1n) is 6.64. The highest BCUT2D eigenvalue weighted by molar-refractivity contribution is 5.93. The molecule has 1 fully saturated rings. The minimum atomic E-state index is -0.239. The van der Waals surface area contributed by atoms with E-state index >= 15 is 0 Å². The van der Waals surface area contributed by atoms with Crippen molar-refractivity contribution in [2.75, 3.05) is 13.7 Å². The average molecular weight is 253 g/mol. The van der Waals surface area contributed by atoms with Crippen LogP contribution in [-0.4, -0.2) is 36.5 Å². The summed E-state index contributed by atoms with van der Waals surface area (Å²) in [4.78, 5) is 25.5. The van der Waals surface area contributed by atoms with Crippen molar-refractivity contribution in [1.82, 2.24) is 4.90 Å². The molecule has 0 N–H and O–H groups in total. The van der Waals surface area contributed by atoms with Crippen molar-refractivity contribution in [2.45, 2.75) is 52.0 Å². The molecule has 1 aliphatic heterocycles. The molecular weight excluding hydrogens is 230 g/mol. The molecule has 18 heavy (non-hydrogen) atoms. The fourth-order valence-corrected chi connectivity index (χ4v) is 2.38. The Morgan fingerprint density at radius 2 is 2.11 bits per heavy atom. The summed E-state index contributed by atoms with van der Waals surface area (Å²) in [5.41, 5.74) is 0.772. The van der Waals surface area contributed by atoms with Gasteiger partial charge in [0.25, 0.3) is 0 Å². The summed E-state index contributed by atoms with van der Waals surface area (Å²) in [7, 11) is 1.39. The van der Waals surface area contributed by atoms with Crippen LogP contribution in [0.25, 0.3) is 0 Å². The van der Waals surface area contributed by atoms with Crippen molar-refractivity contribution in [1.29, 1.82) is 0 Å². The summed E-state index contributed by atoms with van der Waals surface area (Å²) >= 11 is 0. The van der Waals surface area contributed by atoms with E-state index in [1.807, 2.05) is 24.8 Å². The number of piperidine rings is 1. The van der Waals surface area contributed by atoms with Gasteiger partial charge in [-0.25, -0.2) is 0 Å². The summed E-state index contributed by atoms with van der Waals surface area (Å²) in [6.45, 7) is 4.60. The largest absolute Gasteiger partial charge is 0.469 e. The second kappa shape index (κ2) is 7.19. The lowest BCUT2D eigenvalue weighted by atomic mass is 9.98. The third-order valence-corrected chi connectivity index (χ3v) is 3.37. The first kappa shape index (κ1) is 14.7. The molecule has 1 atom stereocenters. The zero-order chi connectivity index (χ0) is 13.5. The van der Waals surface area contributed by atoms with Crippen molar-refractivity contribution >= 4 is 11.9 Å². The zero-order valence-electron chi connectivity index (χ0n) is 11.6. The SMILES string of the molecule is CC/C=C(\C)C(=O)N1CCCCC1CC(=O)OC. The van der Waals surface area contributed by atoms with E-state index in [9.17, 15) is 9.59 Å². The molecule has 0 aliphatic carbocycles. The molecule has 1 heterocycles. The Morgan fingerprint density at radius 3 is 2.72 bits per heavy atom. The average Bonchev–Trinajstić information content (AvgIpc) is 2.38. The van der Waals surface area contributed by atoms with Gasteiger partial charge in [-0.3, -0.25) is 9.59 Å². The predicted molar refractivity (Wildman–Crippen MR) is 70.0 cm³/mol. The summed E-state index contributed by atoms with van der Waals surface area (Å²) < 4.78 is 4.70. The standard InChI is InChI=1S/C14H23NO3/c1-4-7-11(2)14(17)15-9-6-5-8-12(15)10-13(16)18-3/h7,12H,4-6,8-10H2,1-3H3/b11-7+. The minimum Gasteiger partial charge on any atom is -0.469 e. The van der Waals surface area contributed by atoms with Gasteiger partial charge in [0, 0.05) is 18.2 Å². The van der Waals surface area contributed by atoms with E-state index < -0.39 is 0 Å². The molecule has 1 amide bonds. The topological polar surface area (TPSA) is 46.6 Å². The van der Waals surface area contributed by atoms with Crippen molar-refractivity contribution < 1.29 is 14.3 Å². The number of nitrogens with zero attached hydrogens (tertiary/aromatic N) is 1. The van der Waals surface area contributed by atoms with Crippen molar-refractivity contribution in [3.8, 4) is 0 Å². The van der Waals surface area contributed by atoms with Gasteiger partial charge < -0.3 is 9.64 Å². The lowest BCUT2D eigenvalue weighted by Gasteiger charge is -2.35. The van der Waals surface area contributed by atoms with Gasteiger partial charge in [0.05, 0.1) is 13.5 Å². The molecule has 4 heteroatoms. The van der Waals surface area contributed by atoms with Crippen LogP contribution in [0.3, 0.4) is 0 Å². The Hall–Kier alpha value is -1.32. The van der Waals surface area contributed by atoms with Gasteiger partial charge in [0.2, 0.25) is 5.91 Å². The molecule has 0 aromatic rings. The number of hydrogen-bond acceptors (Lipinski definition) is 3. The number of amides is 1. The molecule has 0 saturated carbocycles. The lowest BCUT2D eigenvalue weighted by molar-refractivity contribution is -0.143. The van der Waals surface area contributed by atoms with E-state index in [1.54, 1.807) is 0 Å². The van der Waals surface area contributed by atoms with Gasteiger partial charge in [-0.05, 0) is 32.6 Å². The monoisotopic (exact) mass is 253 g/mol. The Balaban J connectivity index is 2.72. The Morgan fingerprint density at radius 1 is 1.39 bits per heavy atom. The number of allylic oxidation sites excluding steroid dienone is 1. The molecule has 0 aromatic carbocycles. The maximum Gasteiger partial charge on any atom is 0.307 e. The number of methoxy groups -OCH3 is 1. The minimum absolute atomic E-state index is 0.00101. The Labute approximate surface area is 109 Å². The van der Waals surface area contributed by atoms with Gasteiger partial charge >= 0.3 is 5.97 Å². The number of carbonyl (C=O) groups excluding carboxylic acids is 2. The number of carbonyl (C=O) groups is 2. The number of rotatable bonds is 4. The van der Waals surface area contributed by atoms with Gasteiger partial charge in [0.15, 0.2) is 0 Å². The Bertz CT molecular complexity index is 336. The summed E-state index contributed by atoms with van der Waals surface area (Å²) in [6, 6.07) is -0.00101. The summed E-state index contributed by atoms with van der Waals surface area (Å²) in [5, 5.41) is 0. The highest BCUT2D eigenvalue weighted by Gasteiger charge is 2.29. The summed E-state index contributed by atoms with van der Waals surface area (Å²) in [5.74, 6) is -0.178. The first-order valence-corrected chi connectivity index (χ1v) is 6.64. The van der Waals surface area contributed by atoms with Crippen LogP contribution in [0.5, 0.6) is 0 Å². The van der Waals surface area contributed by atoms with Crippen LogP contribution >= 0.6 is 0 Å². The first-order chi connectivity index (χ1) is 8.60. The number of ether oxygens (including phenoxy) is 1. The van der Waals surface area contributed by atoms with Crippen molar-refractivity contribution in [3.05, 3.63) is 11.6 Å². The number of hydrogen-bond donors (Lipinski definition) is 0. The van der Waals surface area contributed by atoms with Crippen molar-refractivity contribution in [3.63, 3.8) is 0 Å². The quantitative estimate of drug-likeness (QED) is 0.570. The fourth-order valence-electron chi connectivity index (χ4n) is 2.38. The molecule has 1 rings (SSSR count). The van der Waals surface area contributed by atoms with Crippen LogP contribution in [0, 0.1) is 0 Å². The van der Waals surface area contributed by atoms with E-state index in [1.165, 1.54) is 7.11 Å². The van der Waals surface area contributed by atoms with E-state index in [0.717, 1.165) is 37.8 Å². The highest BCUT2D eigenvalue weighted by Crippen LogP contribution is 2.22. The van der Waals surface area contributed by atoms with Gasteiger partial charge in [0.1, 0.15) is 0 Å². The molecule has 102 valence electrons. The van der Waals surface area contributed by atoms with Crippen LogP contribution < -0.4 is 0 Å². The van der Waals surface area contributed by atoms with Gasteiger partial charge in [-0.2, -0.15) is 0 Å². The van der Waals surface area contributed by atoms with E-state index in [4.69, 9.17) is 4.74 Å². The van der Waals surface area contributed by atoms with Crippen molar-refractivity contribution in [2.24, 2.45) is 0 Å². The van der Waals surface area contributed by atoms with E-state index in [2.05, 4.69) is 0 Å². The lowest BCUT2D eigenvalue weighted by Crippen LogP contribution is -2.45. The van der Waals surface area contributed by atoms with E-state index in [0.29, 0.717) is 6.42 Å². The molecule has 0 aromatic heterocycles. The van der Waals surface area contributed by atoms with Crippen LogP contribution in [0.4, 0.5) is 0 Å². The zero-order valence-corrected chi connectivity index (χ0v) is 11.6. The third-order valence-electron chi connectivity index (χ3n) is 3.37. The molecular formula is C14H23NO3. The molecule has 0 spiro atoms. The predicted octanol–water partition coefficient (Wildman–Crippen LogP) is 2.29. The van der Waals surface area contributed by atoms with Gasteiger partial charge in [-0.15, -0.1) is 0 Å². The molecule has 0 bridgehead atoms. The molecule has 4 nitrogen and oxygen atoms in total. The van der Waals surface area contributed by atoms with Gasteiger partial charge in [-0.1, -0.05) is 13.0 Å². The normalized spacial score (nSPS) is 20.7. The summed E-state index contributed by atoms with van der Waals surface area (Å²) in [6.07, 6.45) is 6.08. The molecule has 1 aliphatic rings. The maximum atomic E-state index is 12.3. The second-order valence-electron chi connectivity index (χ2n) is 4.72. The van der Waals surface area contributed by atoms with E-state index in [-0.39, 0.29) is 17.9 Å². The Kier molecular flexibility index (Phi) is 5.89. The van der Waals surface area contributed by atoms with Crippen LogP contribution in [0.2, 0.25) is 0 Å². The fraction of sp³-hybridized carbons (Fsp3) is 0.714. The number of likely N-dealkylation sites (tertiary alicyclic amines) is 1. The van der Waals surface area contributed by atoms with Crippen LogP contribution in [0.15, 0.2) is 11.6 Å². The smallest absolute Gasteiger partial charge is 0.307 e. The molecule has 1 saturated heterocycles. The second-order valence-corrected chi connectivity index (χ2v) is 4.72. The molecule has 1 unspecified atom stereocenters. The van der Waals surface area contributed by atoms with Crippen LogP contribution in [0.1, 0.15) is 46.0 Å². The maximum absolute atomic E-state index is 12.3. The number of esters is 1. The third kappa shape index (κ3) is 3.86. The highest BCUT2D eigenvalue weighted by atomic mass is 16.5. The van der Waals surface area contributed by atoms with Crippen LogP contribution in [-0.2, 0) is 14.3 Å².